The largest absolute Gasteiger partial charge is 0.342 e. The van der Waals surface area contributed by atoms with Crippen molar-refractivity contribution in [2.24, 2.45) is 11.7 Å². The van der Waals surface area contributed by atoms with E-state index in [1.807, 2.05) is 23.6 Å². The number of likely N-dealkylation sites (N-methyl/N-ethyl adjacent to an activating group) is 1. The van der Waals surface area contributed by atoms with Crippen LogP contribution in [0.25, 0.3) is 0 Å². The summed E-state index contributed by atoms with van der Waals surface area (Å²) in [6.07, 6.45) is 3.67. The summed E-state index contributed by atoms with van der Waals surface area (Å²) in [6, 6.07) is 0.194. The van der Waals surface area contributed by atoms with Gasteiger partial charge in [0.05, 0.1) is 6.54 Å². The average molecular weight is 324 g/mol. The van der Waals surface area contributed by atoms with E-state index in [2.05, 4.69) is 4.90 Å². The molecular weight excluding hydrogens is 292 g/mol. The number of hydrogen-bond acceptors (Lipinski definition) is 4. The molecule has 2 N–H and O–H groups in total. The van der Waals surface area contributed by atoms with Crippen LogP contribution in [0.4, 0.5) is 0 Å². The second-order valence-electron chi connectivity index (χ2n) is 6.79. The molecule has 1 heterocycles. The van der Waals surface area contributed by atoms with Crippen molar-refractivity contribution in [1.29, 1.82) is 0 Å². The van der Waals surface area contributed by atoms with E-state index >= 15 is 0 Å². The van der Waals surface area contributed by atoms with Gasteiger partial charge in [0, 0.05) is 51.2 Å². The Morgan fingerprint density at radius 2 is 1.83 bits per heavy atom. The molecule has 132 valence electrons. The lowest BCUT2D eigenvalue weighted by atomic mass is 10.1. The molecule has 0 bridgehead atoms. The van der Waals surface area contributed by atoms with Gasteiger partial charge in [0.15, 0.2) is 0 Å². The maximum Gasteiger partial charge on any atom is 0.236 e. The molecule has 1 aliphatic heterocycles. The Labute approximate surface area is 140 Å². The van der Waals surface area contributed by atoms with Crippen LogP contribution in [0.3, 0.4) is 0 Å². The summed E-state index contributed by atoms with van der Waals surface area (Å²) < 4.78 is 0. The van der Waals surface area contributed by atoms with Crippen molar-refractivity contribution in [3.05, 3.63) is 0 Å². The molecule has 6 heteroatoms. The van der Waals surface area contributed by atoms with Gasteiger partial charge in [-0.1, -0.05) is 0 Å². The van der Waals surface area contributed by atoms with Gasteiger partial charge in [-0.3, -0.25) is 14.5 Å². The third-order valence-corrected chi connectivity index (χ3v) is 5.20. The minimum absolute atomic E-state index is 0.119. The standard InChI is InChI=1S/C17H32N4O2/c1-3-20(4-2)16(22)13-19-8-5-9-21(11-10-19)17(23)14-6-7-15(18)12-14/h14-15H,3-13,18H2,1-2H3. The van der Waals surface area contributed by atoms with Crippen molar-refractivity contribution in [3.8, 4) is 0 Å². The Hall–Kier alpha value is -1.14. The number of carbonyl (C=O) groups is 2. The van der Waals surface area contributed by atoms with Crippen molar-refractivity contribution in [2.75, 3.05) is 45.8 Å². The van der Waals surface area contributed by atoms with Crippen LogP contribution in [-0.2, 0) is 9.59 Å². The summed E-state index contributed by atoms with van der Waals surface area (Å²) >= 11 is 0. The van der Waals surface area contributed by atoms with E-state index in [0.29, 0.717) is 6.54 Å². The highest BCUT2D eigenvalue weighted by molar-refractivity contribution is 5.79. The molecule has 0 aromatic rings. The van der Waals surface area contributed by atoms with E-state index in [0.717, 1.165) is 65.0 Å². The zero-order valence-electron chi connectivity index (χ0n) is 14.7. The minimum Gasteiger partial charge on any atom is -0.342 e. The summed E-state index contributed by atoms with van der Waals surface area (Å²) in [4.78, 5) is 30.9. The predicted molar refractivity (Wildman–Crippen MR) is 90.9 cm³/mol. The molecule has 0 spiro atoms. The van der Waals surface area contributed by atoms with Crippen LogP contribution < -0.4 is 5.73 Å². The highest BCUT2D eigenvalue weighted by atomic mass is 16.2. The number of rotatable bonds is 5. The fourth-order valence-electron chi connectivity index (χ4n) is 3.72. The average Bonchev–Trinajstić information content (AvgIpc) is 2.83. The van der Waals surface area contributed by atoms with E-state index in [4.69, 9.17) is 5.73 Å². The molecule has 1 saturated carbocycles. The maximum atomic E-state index is 12.6. The van der Waals surface area contributed by atoms with Crippen LogP contribution in [0.15, 0.2) is 0 Å². The molecule has 0 aromatic heterocycles. The summed E-state index contributed by atoms with van der Waals surface area (Å²) in [5, 5.41) is 0. The zero-order valence-corrected chi connectivity index (χ0v) is 14.7. The quantitative estimate of drug-likeness (QED) is 0.800. The Balaban J connectivity index is 1.82. The second kappa shape index (κ2) is 8.64. The number of amides is 2. The molecule has 2 aliphatic rings. The molecule has 2 rings (SSSR count). The molecule has 0 radical (unpaired) electrons. The molecule has 0 aromatic carbocycles. The van der Waals surface area contributed by atoms with Gasteiger partial charge < -0.3 is 15.5 Å². The number of nitrogens with two attached hydrogens (primary N) is 1. The van der Waals surface area contributed by atoms with Gasteiger partial charge in [-0.15, -0.1) is 0 Å². The first-order valence-corrected chi connectivity index (χ1v) is 9.09. The van der Waals surface area contributed by atoms with E-state index in [1.165, 1.54) is 0 Å². The van der Waals surface area contributed by atoms with E-state index in [1.54, 1.807) is 0 Å². The van der Waals surface area contributed by atoms with Crippen LogP contribution in [-0.4, -0.2) is 78.4 Å². The van der Waals surface area contributed by atoms with Gasteiger partial charge >= 0.3 is 0 Å². The van der Waals surface area contributed by atoms with Gasteiger partial charge in [-0.2, -0.15) is 0 Å². The van der Waals surface area contributed by atoms with Crippen LogP contribution in [0.2, 0.25) is 0 Å². The summed E-state index contributed by atoms with van der Waals surface area (Å²) in [5.41, 5.74) is 5.93. The molecule has 1 aliphatic carbocycles. The Bertz CT molecular complexity index is 411. The summed E-state index contributed by atoms with van der Waals surface area (Å²) in [6.45, 7) is 9.23. The Morgan fingerprint density at radius 1 is 1.09 bits per heavy atom. The van der Waals surface area contributed by atoms with Gasteiger partial charge in [0.2, 0.25) is 11.8 Å². The van der Waals surface area contributed by atoms with Crippen molar-refractivity contribution in [2.45, 2.75) is 45.6 Å². The van der Waals surface area contributed by atoms with Crippen molar-refractivity contribution >= 4 is 11.8 Å². The highest BCUT2D eigenvalue weighted by Gasteiger charge is 2.31. The molecule has 2 fully saturated rings. The lowest BCUT2D eigenvalue weighted by molar-refractivity contribution is -0.135. The third kappa shape index (κ3) is 4.91. The Kier molecular flexibility index (Phi) is 6.84. The maximum absolute atomic E-state index is 12.6. The Morgan fingerprint density at radius 3 is 2.43 bits per heavy atom. The molecule has 2 amide bonds. The number of carbonyl (C=O) groups excluding carboxylic acids is 2. The van der Waals surface area contributed by atoms with Crippen LogP contribution in [0.5, 0.6) is 0 Å². The van der Waals surface area contributed by atoms with Gasteiger partial charge in [0.1, 0.15) is 0 Å². The monoisotopic (exact) mass is 324 g/mol. The third-order valence-electron chi connectivity index (χ3n) is 5.20. The first-order valence-electron chi connectivity index (χ1n) is 9.09. The fourth-order valence-corrected chi connectivity index (χ4v) is 3.72. The van der Waals surface area contributed by atoms with E-state index in [9.17, 15) is 9.59 Å². The highest BCUT2D eigenvalue weighted by Crippen LogP contribution is 2.26. The van der Waals surface area contributed by atoms with Gasteiger partial charge in [-0.25, -0.2) is 0 Å². The van der Waals surface area contributed by atoms with Crippen molar-refractivity contribution in [3.63, 3.8) is 0 Å². The van der Waals surface area contributed by atoms with Crippen molar-refractivity contribution < 1.29 is 9.59 Å². The predicted octanol–water partition coefficient (Wildman–Crippen LogP) is 0.517. The van der Waals surface area contributed by atoms with Gasteiger partial charge in [-0.05, 0) is 39.5 Å². The summed E-state index contributed by atoms with van der Waals surface area (Å²) in [5.74, 6) is 0.584. The lowest BCUT2D eigenvalue weighted by Crippen LogP contribution is -2.42. The molecule has 23 heavy (non-hydrogen) atoms. The molecule has 2 atom stereocenters. The smallest absolute Gasteiger partial charge is 0.236 e. The van der Waals surface area contributed by atoms with Crippen LogP contribution in [0.1, 0.15) is 39.5 Å². The molecule has 6 nitrogen and oxygen atoms in total. The number of nitrogens with zero attached hydrogens (tertiary/aromatic N) is 3. The molecule has 1 saturated heterocycles. The SMILES string of the molecule is CCN(CC)C(=O)CN1CCCN(C(=O)C2CCC(N)C2)CC1. The number of hydrogen-bond donors (Lipinski definition) is 1. The van der Waals surface area contributed by atoms with Crippen molar-refractivity contribution in [1.82, 2.24) is 14.7 Å². The first kappa shape index (κ1) is 18.2. The van der Waals surface area contributed by atoms with Crippen LogP contribution >= 0.6 is 0 Å². The van der Waals surface area contributed by atoms with Crippen LogP contribution in [0, 0.1) is 5.92 Å². The van der Waals surface area contributed by atoms with E-state index < -0.39 is 0 Å². The fraction of sp³-hybridized carbons (Fsp3) is 0.882. The van der Waals surface area contributed by atoms with E-state index in [-0.39, 0.29) is 23.8 Å². The second-order valence-corrected chi connectivity index (χ2v) is 6.79. The minimum atomic E-state index is 0.119. The summed E-state index contributed by atoms with van der Waals surface area (Å²) in [7, 11) is 0. The first-order chi connectivity index (χ1) is 11.0. The zero-order chi connectivity index (χ0) is 16.8. The molecule has 2 unspecified atom stereocenters. The molecular formula is C17H32N4O2. The lowest BCUT2D eigenvalue weighted by Gasteiger charge is -2.26. The van der Waals surface area contributed by atoms with Gasteiger partial charge in [0.25, 0.3) is 0 Å². The normalized spacial score (nSPS) is 26.1. The topological polar surface area (TPSA) is 69.9 Å².